The van der Waals surface area contributed by atoms with Crippen molar-refractivity contribution in [3.8, 4) is 23.0 Å². The van der Waals surface area contributed by atoms with Crippen LogP contribution in [-0.2, 0) is 10.8 Å². The fraction of sp³-hybridized carbons (Fsp3) is 0.357. The second-order valence-corrected chi connectivity index (χ2v) is 10.1. The van der Waals surface area contributed by atoms with Crippen molar-refractivity contribution in [1.82, 2.24) is 0 Å². The predicted molar refractivity (Wildman–Crippen MR) is 129 cm³/mol. The highest BCUT2D eigenvalue weighted by Gasteiger charge is 2.33. The van der Waals surface area contributed by atoms with Crippen LogP contribution in [0.15, 0.2) is 36.4 Å². The molecule has 4 heteroatoms. The van der Waals surface area contributed by atoms with Crippen LogP contribution in [0.25, 0.3) is 0 Å². The summed E-state index contributed by atoms with van der Waals surface area (Å²) in [4.78, 5) is 0. The predicted octanol–water partition coefficient (Wildman–Crippen LogP) is 6.39. The lowest BCUT2D eigenvalue weighted by Gasteiger charge is -2.32. The van der Waals surface area contributed by atoms with E-state index < -0.39 is 10.8 Å². The molecule has 4 nitrogen and oxygen atoms in total. The summed E-state index contributed by atoms with van der Waals surface area (Å²) in [5.41, 5.74) is 5.27. The molecule has 0 spiro atoms. The van der Waals surface area contributed by atoms with Crippen molar-refractivity contribution in [3.63, 3.8) is 0 Å². The van der Waals surface area contributed by atoms with Gasteiger partial charge in [-0.25, -0.2) is 0 Å². The minimum Gasteiger partial charge on any atom is -0.507 e. The zero-order valence-corrected chi connectivity index (χ0v) is 20.3. The van der Waals surface area contributed by atoms with Crippen LogP contribution >= 0.6 is 0 Å². The van der Waals surface area contributed by atoms with E-state index >= 15 is 0 Å². The summed E-state index contributed by atoms with van der Waals surface area (Å²) in [6.45, 7) is 15.6. The lowest BCUT2D eigenvalue weighted by Crippen LogP contribution is -2.23. The number of phenolic OH excluding ortho intramolecular Hbond substituents is 4. The molecule has 0 amide bonds. The molecule has 4 N–H and O–H groups in total. The molecule has 0 fully saturated rings. The van der Waals surface area contributed by atoms with Crippen molar-refractivity contribution in [2.75, 3.05) is 0 Å². The molecule has 3 rings (SSSR count). The fourth-order valence-electron chi connectivity index (χ4n) is 4.52. The molecule has 0 unspecified atom stereocenters. The highest BCUT2D eigenvalue weighted by molar-refractivity contribution is 5.58. The average molecular weight is 435 g/mol. The van der Waals surface area contributed by atoms with Gasteiger partial charge >= 0.3 is 0 Å². The minimum absolute atomic E-state index is 0.0218. The quantitative estimate of drug-likeness (QED) is 0.383. The Morgan fingerprint density at radius 1 is 0.469 bits per heavy atom. The van der Waals surface area contributed by atoms with Crippen LogP contribution in [0.1, 0.15) is 72.2 Å². The van der Waals surface area contributed by atoms with Gasteiger partial charge in [-0.1, -0.05) is 52.0 Å². The fourth-order valence-corrected chi connectivity index (χ4v) is 4.52. The Labute approximate surface area is 190 Å². The summed E-state index contributed by atoms with van der Waals surface area (Å²) < 4.78 is 0. The molecule has 0 bridgehead atoms. The summed E-state index contributed by atoms with van der Waals surface area (Å²) >= 11 is 0. The third-order valence-corrected chi connectivity index (χ3v) is 6.89. The largest absolute Gasteiger partial charge is 0.507 e. The second kappa shape index (κ2) is 7.77. The van der Waals surface area contributed by atoms with E-state index in [4.69, 9.17) is 0 Å². The van der Waals surface area contributed by atoms with Crippen molar-refractivity contribution >= 4 is 0 Å². The maximum absolute atomic E-state index is 10.8. The van der Waals surface area contributed by atoms with Gasteiger partial charge in [0.2, 0.25) is 0 Å². The molecule has 3 aromatic rings. The smallest absolute Gasteiger partial charge is 0.123 e. The Balaban J connectivity index is 2.22. The van der Waals surface area contributed by atoms with E-state index in [1.807, 2.05) is 85.7 Å². The van der Waals surface area contributed by atoms with E-state index in [0.29, 0.717) is 11.1 Å². The van der Waals surface area contributed by atoms with E-state index in [0.717, 1.165) is 33.4 Å². The summed E-state index contributed by atoms with van der Waals surface area (Å²) in [7, 11) is 0. The molecule has 0 aliphatic carbocycles. The Kier molecular flexibility index (Phi) is 5.71. The van der Waals surface area contributed by atoms with E-state index in [-0.39, 0.29) is 23.0 Å². The molecule has 0 aromatic heterocycles. The minimum atomic E-state index is -0.577. The molecule has 170 valence electrons. The SMILES string of the molecule is Cc1cc(C(C)(C)c2cc(C(C)(C)c3cc(C)c(O)c(C)c3)c(O)cc2O)cc(C)c1O. The van der Waals surface area contributed by atoms with Gasteiger partial charge in [0.1, 0.15) is 23.0 Å². The normalized spacial score (nSPS) is 12.2. The first kappa shape index (κ1) is 23.5. The summed E-state index contributed by atoms with van der Waals surface area (Å²) in [5, 5.41) is 42.0. The van der Waals surface area contributed by atoms with Crippen molar-refractivity contribution in [3.05, 3.63) is 80.9 Å². The lowest BCUT2D eigenvalue weighted by atomic mass is 9.72. The van der Waals surface area contributed by atoms with Crippen LogP contribution in [0, 0.1) is 27.7 Å². The molecule has 0 saturated carbocycles. The third-order valence-electron chi connectivity index (χ3n) is 6.89. The zero-order chi connectivity index (χ0) is 24.2. The van der Waals surface area contributed by atoms with Gasteiger partial charge in [-0.3, -0.25) is 0 Å². The molecule has 0 saturated heterocycles. The molecule has 0 aliphatic heterocycles. The standard InChI is InChI=1S/C28H34O4/c1-15-9-19(10-16(2)25(15)31)27(5,6)21-13-22(24(30)14-23(21)29)28(7,8)20-11-17(3)26(32)18(4)12-20/h9-14,29-32H,1-8H3. The van der Waals surface area contributed by atoms with Crippen molar-refractivity contribution in [2.45, 2.75) is 66.2 Å². The van der Waals surface area contributed by atoms with E-state index in [1.54, 1.807) is 0 Å². The molecule has 0 atom stereocenters. The maximum Gasteiger partial charge on any atom is 0.123 e. The van der Waals surface area contributed by atoms with E-state index in [9.17, 15) is 20.4 Å². The zero-order valence-electron chi connectivity index (χ0n) is 20.3. The van der Waals surface area contributed by atoms with Gasteiger partial charge in [0, 0.05) is 28.0 Å². The number of phenols is 4. The first-order chi connectivity index (χ1) is 14.7. The van der Waals surface area contributed by atoms with Gasteiger partial charge in [-0.15, -0.1) is 0 Å². The number of aromatic hydroxyl groups is 4. The Morgan fingerprint density at radius 2 is 0.750 bits per heavy atom. The topological polar surface area (TPSA) is 80.9 Å². The Bertz CT molecular complexity index is 1070. The van der Waals surface area contributed by atoms with Crippen LogP contribution < -0.4 is 0 Å². The van der Waals surface area contributed by atoms with Crippen molar-refractivity contribution < 1.29 is 20.4 Å². The lowest BCUT2D eigenvalue weighted by molar-refractivity contribution is 0.424. The number of aryl methyl sites for hydroxylation is 4. The molecule has 0 aliphatic rings. The first-order valence-electron chi connectivity index (χ1n) is 10.9. The first-order valence-corrected chi connectivity index (χ1v) is 10.9. The molecular weight excluding hydrogens is 400 g/mol. The van der Waals surface area contributed by atoms with Gasteiger partial charge in [-0.05, 0) is 67.1 Å². The van der Waals surface area contributed by atoms with Crippen molar-refractivity contribution in [2.24, 2.45) is 0 Å². The highest BCUT2D eigenvalue weighted by Crippen LogP contribution is 2.46. The average Bonchev–Trinajstić information content (AvgIpc) is 2.68. The summed E-state index contributed by atoms with van der Waals surface area (Å²) in [6.07, 6.45) is 0. The molecular formula is C28H34O4. The van der Waals surface area contributed by atoms with Crippen LogP contribution in [0.5, 0.6) is 23.0 Å². The summed E-state index contributed by atoms with van der Waals surface area (Å²) in [5.74, 6) is 0.598. The molecule has 32 heavy (non-hydrogen) atoms. The van der Waals surface area contributed by atoms with Gasteiger partial charge in [0.25, 0.3) is 0 Å². The molecule has 0 heterocycles. The van der Waals surface area contributed by atoms with Crippen LogP contribution in [-0.4, -0.2) is 20.4 Å². The Morgan fingerprint density at radius 3 is 1.03 bits per heavy atom. The number of hydrogen-bond acceptors (Lipinski definition) is 4. The van der Waals surface area contributed by atoms with Gasteiger partial charge in [0.05, 0.1) is 0 Å². The number of benzene rings is 3. The second-order valence-electron chi connectivity index (χ2n) is 10.1. The highest BCUT2D eigenvalue weighted by atomic mass is 16.3. The third kappa shape index (κ3) is 3.79. The van der Waals surface area contributed by atoms with Crippen LogP contribution in [0.2, 0.25) is 0 Å². The van der Waals surface area contributed by atoms with Gasteiger partial charge in [-0.2, -0.15) is 0 Å². The number of rotatable bonds is 4. The van der Waals surface area contributed by atoms with Crippen LogP contribution in [0.3, 0.4) is 0 Å². The van der Waals surface area contributed by atoms with E-state index in [2.05, 4.69) is 0 Å². The summed E-state index contributed by atoms with van der Waals surface area (Å²) in [6, 6.07) is 11.0. The Hall–Kier alpha value is -3.14. The number of hydrogen-bond donors (Lipinski definition) is 4. The molecule has 3 aromatic carbocycles. The van der Waals surface area contributed by atoms with E-state index in [1.165, 1.54) is 6.07 Å². The maximum atomic E-state index is 10.8. The molecule has 0 radical (unpaired) electrons. The van der Waals surface area contributed by atoms with Gasteiger partial charge < -0.3 is 20.4 Å². The van der Waals surface area contributed by atoms with Crippen LogP contribution in [0.4, 0.5) is 0 Å². The van der Waals surface area contributed by atoms with Gasteiger partial charge in [0.15, 0.2) is 0 Å². The monoisotopic (exact) mass is 434 g/mol. The van der Waals surface area contributed by atoms with Crippen molar-refractivity contribution in [1.29, 1.82) is 0 Å².